The third-order valence-electron chi connectivity index (χ3n) is 4.03. The molecule has 2 N–H and O–H groups in total. The number of carboxylic acids is 1. The number of carbonyl (C=O) groups excluding carboxylic acids is 1. The lowest BCUT2D eigenvalue weighted by molar-refractivity contribution is -0.142. The van der Waals surface area contributed by atoms with Crippen LogP contribution >= 0.6 is 0 Å². The maximum atomic E-state index is 12.1. The molecule has 0 spiro atoms. The summed E-state index contributed by atoms with van der Waals surface area (Å²) in [5.41, 5.74) is 1.59. The molecular weight excluding hydrogens is 270 g/mol. The topological polar surface area (TPSA) is 75.6 Å². The van der Waals surface area contributed by atoms with Gasteiger partial charge < -0.3 is 15.2 Å². The van der Waals surface area contributed by atoms with E-state index in [4.69, 9.17) is 9.84 Å². The highest BCUT2D eigenvalue weighted by atomic mass is 16.5. The molecule has 2 rings (SSSR count). The van der Waals surface area contributed by atoms with E-state index in [0.29, 0.717) is 25.1 Å². The molecule has 21 heavy (non-hydrogen) atoms. The van der Waals surface area contributed by atoms with Crippen LogP contribution in [0.4, 0.5) is 0 Å². The first kappa shape index (κ1) is 15.5. The quantitative estimate of drug-likeness (QED) is 0.841. The highest BCUT2D eigenvalue weighted by Crippen LogP contribution is 2.31. The van der Waals surface area contributed by atoms with Gasteiger partial charge >= 0.3 is 5.97 Å². The van der Waals surface area contributed by atoms with Crippen LogP contribution < -0.4 is 5.32 Å². The van der Waals surface area contributed by atoms with Crippen LogP contribution in [0, 0.1) is 11.8 Å². The molecule has 1 aliphatic carbocycles. The molecule has 1 fully saturated rings. The van der Waals surface area contributed by atoms with Gasteiger partial charge in [-0.05, 0) is 36.5 Å². The zero-order valence-corrected chi connectivity index (χ0v) is 12.2. The van der Waals surface area contributed by atoms with Crippen molar-refractivity contribution in [2.24, 2.45) is 11.8 Å². The minimum Gasteiger partial charge on any atom is -0.481 e. The molecule has 0 aliphatic heterocycles. The molecule has 1 aliphatic rings. The number of hydrogen-bond acceptors (Lipinski definition) is 3. The van der Waals surface area contributed by atoms with Crippen LogP contribution in [0.2, 0.25) is 0 Å². The molecule has 2 atom stereocenters. The minimum absolute atomic E-state index is 0.0409. The Balaban J connectivity index is 1.88. The fourth-order valence-corrected chi connectivity index (χ4v) is 2.85. The highest BCUT2D eigenvalue weighted by molar-refractivity contribution is 5.94. The van der Waals surface area contributed by atoms with Crippen LogP contribution in [0.15, 0.2) is 24.3 Å². The van der Waals surface area contributed by atoms with Gasteiger partial charge in [0.05, 0.1) is 12.5 Å². The Labute approximate surface area is 124 Å². The van der Waals surface area contributed by atoms with Gasteiger partial charge in [-0.25, -0.2) is 0 Å². The van der Waals surface area contributed by atoms with Gasteiger partial charge in [0.25, 0.3) is 5.91 Å². The van der Waals surface area contributed by atoms with Gasteiger partial charge in [-0.2, -0.15) is 0 Å². The van der Waals surface area contributed by atoms with Gasteiger partial charge in [0.2, 0.25) is 0 Å². The van der Waals surface area contributed by atoms with Crippen LogP contribution in [-0.4, -0.2) is 30.6 Å². The first-order valence-corrected chi connectivity index (χ1v) is 7.20. The van der Waals surface area contributed by atoms with E-state index < -0.39 is 5.97 Å². The highest BCUT2D eigenvalue weighted by Gasteiger charge is 2.32. The van der Waals surface area contributed by atoms with Crippen molar-refractivity contribution in [1.82, 2.24) is 5.32 Å². The number of nitrogens with one attached hydrogen (secondary N) is 1. The second-order valence-electron chi connectivity index (χ2n) is 5.48. The van der Waals surface area contributed by atoms with Crippen molar-refractivity contribution in [3.05, 3.63) is 35.4 Å². The van der Waals surface area contributed by atoms with Crippen LogP contribution in [0.3, 0.4) is 0 Å². The summed E-state index contributed by atoms with van der Waals surface area (Å²) < 4.78 is 5.02. The van der Waals surface area contributed by atoms with E-state index in [0.717, 1.165) is 18.4 Å². The zero-order valence-electron chi connectivity index (χ0n) is 12.2. The lowest BCUT2D eigenvalue weighted by Gasteiger charge is -2.16. The number of rotatable bonds is 6. The lowest BCUT2D eigenvalue weighted by Crippen LogP contribution is -2.33. The number of benzene rings is 1. The summed E-state index contributed by atoms with van der Waals surface area (Å²) in [7, 11) is 1.63. The van der Waals surface area contributed by atoms with E-state index in [9.17, 15) is 9.59 Å². The van der Waals surface area contributed by atoms with Crippen LogP contribution in [-0.2, 0) is 16.1 Å². The zero-order chi connectivity index (χ0) is 15.2. The predicted molar refractivity (Wildman–Crippen MR) is 78.0 cm³/mol. The van der Waals surface area contributed by atoms with Crippen LogP contribution in [0.25, 0.3) is 0 Å². The Morgan fingerprint density at radius 2 is 2.00 bits per heavy atom. The van der Waals surface area contributed by atoms with Gasteiger partial charge in [0.15, 0.2) is 0 Å². The Bertz CT molecular complexity index is 498. The standard InChI is InChI=1S/C16H21NO4/c1-21-10-11-5-7-12(8-6-11)15(18)17-9-13-3-2-4-14(13)16(19)20/h5-8,13-14H,2-4,9-10H2,1H3,(H,17,18)(H,19,20). The van der Waals surface area contributed by atoms with Gasteiger partial charge in [-0.1, -0.05) is 18.6 Å². The van der Waals surface area contributed by atoms with Crippen molar-refractivity contribution in [3.8, 4) is 0 Å². The number of hydrogen-bond donors (Lipinski definition) is 2. The van der Waals surface area contributed by atoms with E-state index in [-0.39, 0.29) is 17.7 Å². The summed E-state index contributed by atoms with van der Waals surface area (Å²) in [5.74, 6) is -1.20. The molecule has 0 heterocycles. The Morgan fingerprint density at radius 3 is 2.62 bits per heavy atom. The van der Waals surface area contributed by atoms with Crippen LogP contribution in [0.1, 0.15) is 35.2 Å². The Morgan fingerprint density at radius 1 is 1.29 bits per heavy atom. The van der Waals surface area contributed by atoms with E-state index >= 15 is 0 Å². The molecule has 0 bridgehead atoms. The summed E-state index contributed by atoms with van der Waals surface area (Å²) in [6, 6.07) is 7.22. The second-order valence-corrected chi connectivity index (χ2v) is 5.48. The summed E-state index contributed by atoms with van der Waals surface area (Å²) >= 11 is 0. The van der Waals surface area contributed by atoms with Crippen molar-refractivity contribution in [1.29, 1.82) is 0 Å². The molecule has 1 amide bonds. The minimum atomic E-state index is -0.754. The number of amides is 1. The molecule has 0 aromatic heterocycles. The molecule has 0 radical (unpaired) electrons. The molecule has 1 saturated carbocycles. The van der Waals surface area contributed by atoms with Crippen LogP contribution in [0.5, 0.6) is 0 Å². The molecule has 114 valence electrons. The predicted octanol–water partition coefficient (Wildman–Crippen LogP) is 2.06. The SMILES string of the molecule is COCc1ccc(C(=O)NCC2CCCC2C(=O)O)cc1. The summed E-state index contributed by atoms with van der Waals surface area (Å²) in [6.07, 6.45) is 2.49. The van der Waals surface area contributed by atoms with E-state index in [2.05, 4.69) is 5.32 Å². The molecule has 5 heteroatoms. The number of ether oxygens (including phenoxy) is 1. The second kappa shape index (κ2) is 7.22. The molecule has 0 saturated heterocycles. The van der Waals surface area contributed by atoms with E-state index in [1.54, 1.807) is 19.2 Å². The third kappa shape index (κ3) is 4.04. The number of aliphatic carboxylic acids is 1. The largest absolute Gasteiger partial charge is 0.481 e. The average molecular weight is 291 g/mol. The van der Waals surface area contributed by atoms with Gasteiger partial charge in [0, 0.05) is 19.2 Å². The number of carbonyl (C=O) groups is 2. The van der Waals surface area contributed by atoms with Gasteiger partial charge in [0.1, 0.15) is 0 Å². The fourth-order valence-electron chi connectivity index (χ4n) is 2.85. The summed E-state index contributed by atoms with van der Waals surface area (Å²) in [5, 5.41) is 12.0. The molecule has 5 nitrogen and oxygen atoms in total. The number of methoxy groups -OCH3 is 1. The maximum Gasteiger partial charge on any atom is 0.306 e. The average Bonchev–Trinajstić information content (AvgIpc) is 2.94. The first-order valence-electron chi connectivity index (χ1n) is 7.20. The van der Waals surface area contributed by atoms with Crippen molar-refractivity contribution < 1.29 is 19.4 Å². The van der Waals surface area contributed by atoms with Crippen molar-refractivity contribution in [2.45, 2.75) is 25.9 Å². The first-order chi connectivity index (χ1) is 10.1. The molecule has 2 unspecified atom stereocenters. The molecular formula is C16H21NO4. The normalized spacial score (nSPS) is 21.2. The summed E-state index contributed by atoms with van der Waals surface area (Å²) in [4.78, 5) is 23.2. The van der Waals surface area contributed by atoms with E-state index in [1.165, 1.54) is 0 Å². The van der Waals surface area contributed by atoms with E-state index in [1.807, 2.05) is 12.1 Å². The van der Waals surface area contributed by atoms with Crippen molar-refractivity contribution >= 4 is 11.9 Å². The lowest BCUT2D eigenvalue weighted by atomic mass is 9.96. The smallest absolute Gasteiger partial charge is 0.306 e. The Hall–Kier alpha value is -1.88. The summed E-state index contributed by atoms with van der Waals surface area (Å²) in [6.45, 7) is 0.944. The van der Waals surface area contributed by atoms with Crippen molar-refractivity contribution in [3.63, 3.8) is 0 Å². The third-order valence-corrected chi connectivity index (χ3v) is 4.03. The Kier molecular flexibility index (Phi) is 5.33. The van der Waals surface area contributed by atoms with Crippen molar-refractivity contribution in [2.75, 3.05) is 13.7 Å². The molecule has 1 aromatic rings. The van der Waals surface area contributed by atoms with Gasteiger partial charge in [-0.3, -0.25) is 9.59 Å². The number of carboxylic acid groups (broad SMARTS) is 1. The monoisotopic (exact) mass is 291 g/mol. The fraction of sp³-hybridized carbons (Fsp3) is 0.500. The van der Waals surface area contributed by atoms with Gasteiger partial charge in [-0.15, -0.1) is 0 Å². The maximum absolute atomic E-state index is 12.1. The molecule has 1 aromatic carbocycles.